The third-order valence-corrected chi connectivity index (χ3v) is 10.7. The van der Waals surface area contributed by atoms with Crippen molar-refractivity contribution in [3.05, 3.63) is 88.1 Å². The van der Waals surface area contributed by atoms with Crippen molar-refractivity contribution in [2.45, 2.75) is 25.3 Å². The molecule has 0 amide bonds. The third-order valence-electron chi connectivity index (χ3n) is 8.85. The maximum absolute atomic E-state index is 14.5. The first-order valence-corrected chi connectivity index (χ1v) is 15.8. The van der Waals surface area contributed by atoms with Crippen LogP contribution in [0.4, 0.5) is 4.39 Å². The Kier molecular flexibility index (Phi) is 5.83. The number of pyridine rings is 2. The van der Waals surface area contributed by atoms with E-state index in [4.69, 9.17) is 4.98 Å². The van der Waals surface area contributed by atoms with E-state index in [1.54, 1.807) is 18.5 Å². The minimum atomic E-state index is -0.680. The summed E-state index contributed by atoms with van der Waals surface area (Å²) in [5.41, 5.74) is 4.59. The number of imidazole rings is 1. The fraction of sp³-hybridized carbons (Fsp3) is 0.312. The van der Waals surface area contributed by atoms with Crippen LogP contribution in [0, 0.1) is 22.6 Å². The number of H-pyrrole nitrogens is 1. The molecule has 1 aromatic carbocycles. The summed E-state index contributed by atoms with van der Waals surface area (Å²) in [7, 11) is 1.18. The number of nitrogens with one attached hydrogen (secondary N) is 1. The molecule has 1 N–H and O–H groups in total. The molecule has 1 spiro atoms. The zero-order valence-electron chi connectivity index (χ0n) is 23.5. The van der Waals surface area contributed by atoms with Gasteiger partial charge >= 0.3 is 0 Å². The van der Waals surface area contributed by atoms with Crippen molar-refractivity contribution in [2.24, 2.45) is 12.5 Å². The van der Waals surface area contributed by atoms with Gasteiger partial charge in [-0.25, -0.2) is 14.4 Å². The second-order valence-corrected chi connectivity index (χ2v) is 13.7. The van der Waals surface area contributed by atoms with Gasteiger partial charge in [0.05, 0.1) is 5.56 Å². The number of hydrogen-bond acceptors (Lipinski definition) is 6. The number of aromatic nitrogens is 5. The number of hydrogen-bond donors (Lipinski definition) is 1. The molecule has 6 heterocycles. The van der Waals surface area contributed by atoms with Crippen LogP contribution >= 0.6 is 0 Å². The largest absolute Gasteiger partial charge is 0.353 e. The van der Waals surface area contributed by atoms with Gasteiger partial charge in [-0.05, 0) is 54.3 Å². The fourth-order valence-corrected chi connectivity index (χ4v) is 8.32. The van der Waals surface area contributed by atoms with Crippen molar-refractivity contribution in [2.75, 3.05) is 24.6 Å². The molecule has 5 aromatic rings. The van der Waals surface area contributed by atoms with Gasteiger partial charge in [0.15, 0.2) is 0 Å². The topological polar surface area (TPSA) is 113 Å². The van der Waals surface area contributed by atoms with Crippen LogP contribution in [-0.4, -0.2) is 57.8 Å². The van der Waals surface area contributed by atoms with Crippen molar-refractivity contribution in [1.82, 2.24) is 29.0 Å². The number of aryl methyl sites for hydroxylation is 1. The minimum Gasteiger partial charge on any atom is -0.353 e. The van der Waals surface area contributed by atoms with Gasteiger partial charge in [-0.3, -0.25) is 18.5 Å². The molecule has 11 heteroatoms. The van der Waals surface area contributed by atoms with E-state index < -0.39 is 10.8 Å². The maximum Gasteiger partial charge on any atom is 0.280 e. The highest BCUT2D eigenvalue weighted by atomic mass is 32.2. The molecule has 3 aliphatic rings. The van der Waals surface area contributed by atoms with Gasteiger partial charge in [0.2, 0.25) is 0 Å². The highest BCUT2D eigenvalue weighted by Crippen LogP contribution is 2.42. The predicted octanol–water partition coefficient (Wildman–Crippen LogP) is 4.23. The Labute approximate surface area is 249 Å². The number of nitriles is 1. The highest BCUT2D eigenvalue weighted by molar-refractivity contribution is 7.86. The molecule has 0 atom stereocenters. The summed E-state index contributed by atoms with van der Waals surface area (Å²) in [6.45, 7) is 2.43. The lowest BCUT2D eigenvalue weighted by Crippen LogP contribution is -2.66. The van der Waals surface area contributed by atoms with E-state index in [0.717, 1.165) is 60.0 Å². The minimum absolute atomic E-state index is 0.192. The standard InChI is InChI=1S/C32H28FN7O2S/c1-38-7-6-35-30(38)26-10-22(33)4-5-24(26)20-8-27(19-2-3-19)37-28(9-20)40-13-21(12-34)25-11-23(36-29(25)31(40)41)14-39-15-32(16-39)17-43(42)18-32/h4-11,13,19,36H,2-3,14-18H2,1H3. The quantitative estimate of drug-likeness (QED) is 0.315. The van der Waals surface area contributed by atoms with Crippen LogP contribution in [0.3, 0.4) is 0 Å². The SMILES string of the molecule is Cn1ccnc1-c1cc(F)ccc1-c1cc(C2CC2)nc(-n2cc(C#N)c3cc(CN4CC5(C4)CS(=O)C5)[nH]c3c2=O)c1. The van der Waals surface area contributed by atoms with Gasteiger partial charge in [0, 0.05) is 101 Å². The van der Waals surface area contributed by atoms with E-state index in [2.05, 4.69) is 20.9 Å². The number of halogens is 1. The van der Waals surface area contributed by atoms with Gasteiger partial charge < -0.3 is 9.55 Å². The van der Waals surface area contributed by atoms with Crippen molar-refractivity contribution in [1.29, 1.82) is 5.26 Å². The Hall–Kier alpha value is -4.40. The normalized spacial score (nSPS) is 18.1. The van der Waals surface area contributed by atoms with Gasteiger partial charge in [-0.1, -0.05) is 6.07 Å². The van der Waals surface area contributed by atoms with Crippen molar-refractivity contribution >= 4 is 21.7 Å². The average Bonchev–Trinajstić information content (AvgIpc) is 3.59. The van der Waals surface area contributed by atoms with E-state index >= 15 is 0 Å². The lowest BCUT2D eigenvalue weighted by atomic mass is 9.83. The first kappa shape index (κ1) is 26.2. The molecule has 43 heavy (non-hydrogen) atoms. The molecule has 3 fully saturated rings. The van der Waals surface area contributed by atoms with Crippen molar-refractivity contribution in [3.63, 3.8) is 0 Å². The summed E-state index contributed by atoms with van der Waals surface area (Å²) in [5, 5.41) is 10.7. The summed E-state index contributed by atoms with van der Waals surface area (Å²) in [6, 6.07) is 12.6. The second-order valence-electron chi connectivity index (χ2n) is 12.3. The first-order valence-electron chi connectivity index (χ1n) is 14.3. The number of benzene rings is 1. The van der Waals surface area contributed by atoms with Gasteiger partial charge in [0.25, 0.3) is 5.56 Å². The summed E-state index contributed by atoms with van der Waals surface area (Å²) in [4.78, 5) is 28.8. The summed E-state index contributed by atoms with van der Waals surface area (Å²) >= 11 is 0. The Balaban J connectivity index is 1.22. The molecule has 216 valence electrons. The van der Waals surface area contributed by atoms with Crippen LogP contribution in [0.25, 0.3) is 39.2 Å². The molecule has 1 aliphatic carbocycles. The number of aromatic amines is 1. The molecule has 9 nitrogen and oxygen atoms in total. The molecular formula is C32H28FN7O2S. The lowest BCUT2D eigenvalue weighted by molar-refractivity contribution is 0.0197. The predicted molar refractivity (Wildman–Crippen MR) is 162 cm³/mol. The van der Waals surface area contributed by atoms with E-state index in [0.29, 0.717) is 40.2 Å². The summed E-state index contributed by atoms with van der Waals surface area (Å²) < 4.78 is 29.4. The molecule has 2 saturated heterocycles. The molecule has 1 saturated carbocycles. The van der Waals surface area contributed by atoms with Gasteiger partial charge in [-0.15, -0.1) is 0 Å². The zero-order chi connectivity index (χ0) is 29.5. The molecule has 4 aromatic heterocycles. The molecule has 0 unspecified atom stereocenters. The smallest absolute Gasteiger partial charge is 0.280 e. The average molecular weight is 594 g/mol. The van der Waals surface area contributed by atoms with Gasteiger partial charge in [-0.2, -0.15) is 5.26 Å². The lowest BCUT2D eigenvalue weighted by Gasteiger charge is -2.54. The van der Waals surface area contributed by atoms with Crippen molar-refractivity contribution in [3.8, 4) is 34.4 Å². The van der Waals surface area contributed by atoms with E-state index in [1.165, 1.54) is 16.7 Å². The molecule has 8 rings (SSSR count). The zero-order valence-corrected chi connectivity index (χ0v) is 24.3. The number of rotatable bonds is 6. The van der Waals surface area contributed by atoms with Crippen LogP contribution in [-0.2, 0) is 24.4 Å². The number of nitrogens with zero attached hydrogens (tertiary/aromatic N) is 6. The van der Waals surface area contributed by atoms with Crippen molar-refractivity contribution < 1.29 is 8.60 Å². The van der Waals surface area contributed by atoms with Crippen LogP contribution in [0.1, 0.15) is 35.7 Å². The van der Waals surface area contributed by atoms with Crippen LogP contribution in [0.5, 0.6) is 0 Å². The van der Waals surface area contributed by atoms with E-state index in [1.807, 2.05) is 36.0 Å². The number of fused-ring (bicyclic) bond motifs is 1. The molecular weight excluding hydrogens is 565 g/mol. The maximum atomic E-state index is 14.5. The van der Waals surface area contributed by atoms with Crippen LogP contribution < -0.4 is 5.56 Å². The Morgan fingerprint density at radius 3 is 2.67 bits per heavy atom. The molecule has 2 aliphatic heterocycles. The monoisotopic (exact) mass is 593 g/mol. The third kappa shape index (κ3) is 4.44. The summed E-state index contributed by atoms with van der Waals surface area (Å²) in [6.07, 6.45) is 7.08. The second kappa shape index (κ2) is 9.56. The Morgan fingerprint density at radius 1 is 1.16 bits per heavy atom. The Morgan fingerprint density at radius 2 is 1.98 bits per heavy atom. The van der Waals surface area contributed by atoms with Gasteiger partial charge in [0.1, 0.15) is 29.0 Å². The van der Waals surface area contributed by atoms with Crippen LogP contribution in [0.15, 0.2) is 59.8 Å². The van der Waals surface area contributed by atoms with E-state index in [9.17, 15) is 18.7 Å². The number of likely N-dealkylation sites (tertiary alicyclic amines) is 1. The molecule has 0 radical (unpaired) electrons. The Bertz CT molecular complexity index is 2070. The van der Waals surface area contributed by atoms with E-state index in [-0.39, 0.29) is 22.7 Å². The highest BCUT2D eigenvalue weighted by Gasteiger charge is 2.51. The summed E-state index contributed by atoms with van der Waals surface area (Å²) in [5.74, 6) is 2.51. The molecule has 0 bridgehead atoms. The van der Waals surface area contributed by atoms with Crippen LogP contribution in [0.2, 0.25) is 0 Å². The fourth-order valence-electron chi connectivity index (χ4n) is 6.67. The first-order chi connectivity index (χ1) is 20.8.